The summed E-state index contributed by atoms with van der Waals surface area (Å²) in [7, 11) is 0. The van der Waals surface area contributed by atoms with Gasteiger partial charge in [0.25, 0.3) is 0 Å². The van der Waals surface area contributed by atoms with Crippen LogP contribution in [0.1, 0.15) is 71.1 Å². The van der Waals surface area contributed by atoms with Crippen LogP contribution in [0.4, 0.5) is 4.39 Å². The Kier molecular flexibility index (Phi) is 3.49. The van der Waals surface area contributed by atoms with Gasteiger partial charge in [0.15, 0.2) is 0 Å². The Labute approximate surface area is 168 Å². The van der Waals surface area contributed by atoms with Crippen molar-refractivity contribution in [3.63, 3.8) is 0 Å². The van der Waals surface area contributed by atoms with Crippen LogP contribution in [-0.2, 0) is 4.79 Å². The first-order chi connectivity index (χ1) is 13.5. The van der Waals surface area contributed by atoms with Gasteiger partial charge in [0.1, 0.15) is 0 Å². The number of alkyl halides is 1. The SMILES string of the molecule is CC1C=CC=CC1[C@@]12CC3(C(=O)NC4CCCCC4)CC4C[C@](CF)(C1)C42C3. The van der Waals surface area contributed by atoms with Crippen LogP contribution in [0.2, 0.25) is 0 Å². The van der Waals surface area contributed by atoms with Crippen LogP contribution in [0.5, 0.6) is 0 Å². The number of hydrogen-bond acceptors (Lipinski definition) is 1. The van der Waals surface area contributed by atoms with E-state index in [9.17, 15) is 9.18 Å². The summed E-state index contributed by atoms with van der Waals surface area (Å²) in [5.74, 6) is 1.88. The average Bonchev–Trinajstić information content (AvgIpc) is 3.16. The van der Waals surface area contributed by atoms with Gasteiger partial charge in [-0.2, -0.15) is 0 Å². The lowest BCUT2D eigenvalue weighted by molar-refractivity contribution is -0.338. The van der Waals surface area contributed by atoms with E-state index in [1.807, 2.05) is 0 Å². The van der Waals surface area contributed by atoms with Crippen LogP contribution in [0.25, 0.3) is 0 Å². The van der Waals surface area contributed by atoms with Crippen LogP contribution in [-0.4, -0.2) is 18.6 Å². The molecule has 6 aliphatic rings. The van der Waals surface area contributed by atoms with Crippen molar-refractivity contribution in [3.8, 4) is 0 Å². The highest BCUT2D eigenvalue weighted by Crippen LogP contribution is 2.95. The number of nitrogens with one attached hydrogen (secondary N) is 1. The van der Waals surface area contributed by atoms with Crippen molar-refractivity contribution in [3.05, 3.63) is 24.3 Å². The zero-order valence-electron chi connectivity index (χ0n) is 17.2. The molecule has 1 spiro atoms. The molecular formula is C25H34FNO. The van der Waals surface area contributed by atoms with E-state index < -0.39 is 0 Å². The maximum atomic E-state index is 14.3. The maximum Gasteiger partial charge on any atom is 0.226 e. The Morgan fingerprint density at radius 3 is 2.61 bits per heavy atom. The minimum Gasteiger partial charge on any atom is -0.353 e. The Balaban J connectivity index is 1.34. The van der Waals surface area contributed by atoms with Crippen LogP contribution in [0.15, 0.2) is 24.3 Å². The van der Waals surface area contributed by atoms with Gasteiger partial charge in [0.2, 0.25) is 5.91 Å². The molecule has 0 aromatic rings. The van der Waals surface area contributed by atoms with Gasteiger partial charge >= 0.3 is 0 Å². The number of halogens is 1. The minimum atomic E-state index is -0.218. The lowest BCUT2D eigenvalue weighted by Gasteiger charge is -2.81. The monoisotopic (exact) mass is 383 g/mol. The van der Waals surface area contributed by atoms with E-state index in [4.69, 9.17) is 0 Å². The molecule has 6 rings (SSSR count). The van der Waals surface area contributed by atoms with E-state index in [0.717, 1.165) is 44.9 Å². The van der Waals surface area contributed by atoms with Gasteiger partial charge in [-0.05, 0) is 73.5 Å². The molecule has 1 amide bonds. The zero-order valence-corrected chi connectivity index (χ0v) is 17.2. The highest BCUT2D eigenvalue weighted by atomic mass is 19.1. The molecule has 152 valence electrons. The summed E-state index contributed by atoms with van der Waals surface area (Å²) in [5.41, 5.74) is -0.0576. The third-order valence-electron chi connectivity index (χ3n) is 10.5. The van der Waals surface area contributed by atoms with Gasteiger partial charge in [-0.25, -0.2) is 0 Å². The number of carbonyl (C=O) groups excluding carboxylic acids is 1. The second-order valence-corrected chi connectivity index (χ2v) is 11.4. The summed E-state index contributed by atoms with van der Waals surface area (Å²) >= 11 is 0. The van der Waals surface area contributed by atoms with Crippen molar-refractivity contribution in [2.24, 2.45) is 39.4 Å². The van der Waals surface area contributed by atoms with Crippen LogP contribution in [0, 0.1) is 39.4 Å². The Morgan fingerprint density at radius 1 is 1.07 bits per heavy atom. The van der Waals surface area contributed by atoms with Gasteiger partial charge in [-0.1, -0.05) is 50.5 Å². The average molecular weight is 384 g/mol. The van der Waals surface area contributed by atoms with E-state index in [-0.39, 0.29) is 28.3 Å². The smallest absolute Gasteiger partial charge is 0.226 e. The highest BCUT2D eigenvalue weighted by Gasteiger charge is 2.91. The van der Waals surface area contributed by atoms with E-state index in [1.54, 1.807) is 0 Å². The van der Waals surface area contributed by atoms with Gasteiger partial charge in [-0.15, -0.1) is 0 Å². The molecule has 0 heterocycles. The lowest BCUT2D eigenvalue weighted by atomic mass is 9.22. The van der Waals surface area contributed by atoms with E-state index in [2.05, 4.69) is 36.5 Å². The molecule has 5 fully saturated rings. The molecule has 28 heavy (non-hydrogen) atoms. The molecule has 5 saturated carbocycles. The van der Waals surface area contributed by atoms with Gasteiger partial charge in [0.05, 0.1) is 12.1 Å². The quantitative estimate of drug-likeness (QED) is 0.697. The van der Waals surface area contributed by atoms with Crippen molar-refractivity contribution < 1.29 is 9.18 Å². The number of rotatable bonds is 4. The summed E-state index contributed by atoms with van der Waals surface area (Å²) in [6.07, 6.45) is 20.2. The maximum absolute atomic E-state index is 14.3. The summed E-state index contributed by atoms with van der Waals surface area (Å²) < 4.78 is 14.3. The predicted octanol–water partition coefficient (Wildman–Crippen LogP) is 5.35. The summed E-state index contributed by atoms with van der Waals surface area (Å²) in [4.78, 5) is 13.6. The Hall–Kier alpha value is -1.12. The van der Waals surface area contributed by atoms with Crippen LogP contribution >= 0.6 is 0 Å². The molecule has 0 aromatic heterocycles. The van der Waals surface area contributed by atoms with Crippen molar-refractivity contribution in [2.75, 3.05) is 6.67 Å². The van der Waals surface area contributed by atoms with Crippen LogP contribution < -0.4 is 5.32 Å². The fourth-order valence-corrected chi connectivity index (χ4v) is 9.74. The number of hydrogen-bond donors (Lipinski definition) is 1. The number of allylic oxidation sites excluding steroid dienone is 4. The molecule has 0 aliphatic heterocycles. The summed E-state index contributed by atoms with van der Waals surface area (Å²) in [6.45, 7) is 2.15. The predicted molar refractivity (Wildman–Crippen MR) is 108 cm³/mol. The van der Waals surface area contributed by atoms with Gasteiger partial charge < -0.3 is 5.32 Å². The lowest BCUT2D eigenvalue weighted by Crippen LogP contribution is -2.77. The molecule has 0 saturated heterocycles. The molecule has 7 atom stereocenters. The fraction of sp³-hybridized carbons (Fsp3) is 0.800. The number of carbonyl (C=O) groups is 1. The molecule has 1 N–H and O–H groups in total. The van der Waals surface area contributed by atoms with E-state index in [1.165, 1.54) is 19.3 Å². The first kappa shape index (κ1) is 17.7. The van der Waals surface area contributed by atoms with Crippen LogP contribution in [0.3, 0.4) is 0 Å². The molecule has 2 nitrogen and oxygen atoms in total. The Bertz CT molecular complexity index is 769. The highest BCUT2D eigenvalue weighted by molar-refractivity contribution is 5.85. The normalized spacial score (nSPS) is 53.4. The molecule has 0 radical (unpaired) electrons. The second-order valence-electron chi connectivity index (χ2n) is 11.4. The van der Waals surface area contributed by atoms with Gasteiger partial charge in [0, 0.05) is 11.5 Å². The molecule has 0 aromatic carbocycles. The van der Waals surface area contributed by atoms with Gasteiger partial charge in [-0.3, -0.25) is 9.18 Å². The van der Waals surface area contributed by atoms with Crippen molar-refractivity contribution in [1.29, 1.82) is 0 Å². The topological polar surface area (TPSA) is 29.1 Å². The van der Waals surface area contributed by atoms with E-state index in [0.29, 0.717) is 29.7 Å². The second kappa shape index (κ2) is 5.52. The fourth-order valence-electron chi connectivity index (χ4n) is 9.74. The van der Waals surface area contributed by atoms with E-state index >= 15 is 0 Å². The molecule has 3 heteroatoms. The van der Waals surface area contributed by atoms with Crippen molar-refractivity contribution in [1.82, 2.24) is 5.32 Å². The largest absolute Gasteiger partial charge is 0.353 e. The number of fused-ring (bicyclic) bond motifs is 1. The molecular weight excluding hydrogens is 349 g/mol. The first-order valence-corrected chi connectivity index (χ1v) is 11.7. The first-order valence-electron chi connectivity index (χ1n) is 11.7. The number of amides is 1. The third-order valence-corrected chi connectivity index (χ3v) is 10.5. The summed E-state index contributed by atoms with van der Waals surface area (Å²) in [6, 6.07) is 0.378. The minimum absolute atomic E-state index is 0.101. The van der Waals surface area contributed by atoms with Crippen molar-refractivity contribution in [2.45, 2.75) is 77.2 Å². The third kappa shape index (κ3) is 1.80. The molecule has 6 aliphatic carbocycles. The Morgan fingerprint density at radius 2 is 1.86 bits per heavy atom. The molecule has 2 bridgehead atoms. The zero-order chi connectivity index (χ0) is 19.2. The van der Waals surface area contributed by atoms with Crippen molar-refractivity contribution >= 4 is 5.91 Å². The molecule has 5 unspecified atom stereocenters. The standard InChI is InChI=1S/C25H34FNO/c1-17-7-5-6-10-20(17)24-13-22(21(28)27-19-8-3-2-4-9-19)11-18-12-23(15-24,16-26)25(18,24)14-22/h5-7,10,17-20H,2-4,8-9,11-16H2,1H3,(H,27,28)/t17?,18?,20?,22?,23-,24-,25?/m1/s1. The summed E-state index contributed by atoms with van der Waals surface area (Å²) in [5, 5.41) is 3.48.